The summed E-state index contributed by atoms with van der Waals surface area (Å²) in [5, 5.41) is 0. The number of hydrogen-bond donors (Lipinski definition) is 0. The summed E-state index contributed by atoms with van der Waals surface area (Å²) in [4.78, 5) is 25.6. The van der Waals surface area contributed by atoms with E-state index in [2.05, 4.69) is 15.9 Å². The topological polar surface area (TPSA) is 51.5 Å². The molecule has 1 saturated heterocycles. The summed E-state index contributed by atoms with van der Waals surface area (Å²) in [7, 11) is 0. The number of halogens is 1. The van der Waals surface area contributed by atoms with Gasteiger partial charge in [-0.2, -0.15) is 0 Å². The summed E-state index contributed by atoms with van der Waals surface area (Å²) in [6, 6.07) is 3.12. The van der Waals surface area contributed by atoms with Gasteiger partial charge in [0.2, 0.25) is 5.91 Å². The average Bonchev–Trinajstić information content (AvgIpc) is 2.32. The predicted octanol–water partition coefficient (Wildman–Crippen LogP) is 1.25. The number of morpholine rings is 1. The molecule has 2 heterocycles. The average molecular weight is 329 g/mol. The molecule has 2 atom stereocenters. The first-order chi connectivity index (χ1) is 8.95. The largest absolute Gasteiger partial charge is 0.372 e. The van der Waals surface area contributed by atoms with E-state index in [-0.39, 0.29) is 30.2 Å². The molecule has 1 amide bonds. The van der Waals surface area contributed by atoms with Crippen molar-refractivity contribution in [2.45, 2.75) is 32.6 Å². The van der Waals surface area contributed by atoms with Gasteiger partial charge in [0.15, 0.2) is 0 Å². The number of aromatic nitrogens is 1. The molecule has 1 fully saturated rings. The molecule has 6 heteroatoms. The zero-order chi connectivity index (χ0) is 14.0. The first-order valence-electron chi connectivity index (χ1n) is 6.25. The highest BCUT2D eigenvalue weighted by Gasteiger charge is 2.25. The second-order valence-corrected chi connectivity index (χ2v) is 5.79. The molecule has 0 aromatic carbocycles. The van der Waals surface area contributed by atoms with Gasteiger partial charge in [0.1, 0.15) is 6.54 Å². The molecule has 104 valence electrons. The lowest BCUT2D eigenvalue weighted by Gasteiger charge is -2.35. The van der Waals surface area contributed by atoms with Gasteiger partial charge in [0, 0.05) is 29.8 Å². The molecule has 19 heavy (non-hydrogen) atoms. The van der Waals surface area contributed by atoms with Crippen LogP contribution in [0.25, 0.3) is 0 Å². The van der Waals surface area contributed by atoms with Gasteiger partial charge in [-0.1, -0.05) is 0 Å². The lowest BCUT2D eigenvalue weighted by atomic mass is 10.2. The van der Waals surface area contributed by atoms with Gasteiger partial charge in [-0.05, 0) is 35.8 Å². The highest BCUT2D eigenvalue weighted by atomic mass is 79.9. The molecular weight excluding hydrogens is 312 g/mol. The Hall–Kier alpha value is -1.14. The van der Waals surface area contributed by atoms with E-state index in [0.717, 1.165) is 4.47 Å². The molecule has 1 aromatic rings. The van der Waals surface area contributed by atoms with Crippen LogP contribution in [0.2, 0.25) is 0 Å². The molecule has 0 unspecified atom stereocenters. The molecule has 0 radical (unpaired) electrons. The van der Waals surface area contributed by atoms with Crippen LogP contribution in [0.3, 0.4) is 0 Å². The fourth-order valence-corrected chi connectivity index (χ4v) is 2.63. The Labute approximate surface area is 120 Å². The van der Waals surface area contributed by atoms with Crippen LogP contribution in [0.5, 0.6) is 0 Å². The second kappa shape index (κ2) is 5.88. The van der Waals surface area contributed by atoms with Crippen LogP contribution in [0.4, 0.5) is 0 Å². The van der Waals surface area contributed by atoms with Crippen molar-refractivity contribution in [1.82, 2.24) is 9.47 Å². The van der Waals surface area contributed by atoms with Gasteiger partial charge in [-0.25, -0.2) is 0 Å². The minimum absolute atomic E-state index is 0.0342. The number of ether oxygens (including phenoxy) is 1. The monoisotopic (exact) mass is 328 g/mol. The number of rotatable bonds is 2. The SMILES string of the molecule is C[C@@H]1CN(C(=O)Cn2cc(Br)ccc2=O)C[C@H](C)O1. The molecule has 1 aliphatic rings. The van der Waals surface area contributed by atoms with E-state index >= 15 is 0 Å². The summed E-state index contributed by atoms with van der Waals surface area (Å²) >= 11 is 3.30. The van der Waals surface area contributed by atoms with E-state index in [4.69, 9.17) is 4.74 Å². The van der Waals surface area contributed by atoms with Crippen molar-refractivity contribution in [2.75, 3.05) is 13.1 Å². The van der Waals surface area contributed by atoms with Gasteiger partial charge in [-0.3, -0.25) is 9.59 Å². The minimum atomic E-state index is -0.175. The van der Waals surface area contributed by atoms with E-state index < -0.39 is 0 Å². The second-order valence-electron chi connectivity index (χ2n) is 4.87. The van der Waals surface area contributed by atoms with Gasteiger partial charge >= 0.3 is 0 Å². The number of carbonyl (C=O) groups is 1. The van der Waals surface area contributed by atoms with Crippen molar-refractivity contribution in [3.8, 4) is 0 Å². The quantitative estimate of drug-likeness (QED) is 0.821. The maximum atomic E-state index is 12.2. The molecule has 1 aromatic heterocycles. The third kappa shape index (κ3) is 3.67. The predicted molar refractivity (Wildman–Crippen MR) is 75.0 cm³/mol. The Morgan fingerprint density at radius 2 is 2.00 bits per heavy atom. The molecule has 0 bridgehead atoms. The van der Waals surface area contributed by atoms with Crippen LogP contribution in [-0.2, 0) is 16.1 Å². The number of amides is 1. The van der Waals surface area contributed by atoms with E-state index in [1.165, 1.54) is 10.6 Å². The number of carbonyl (C=O) groups excluding carboxylic acids is 1. The number of pyridine rings is 1. The molecule has 1 aliphatic heterocycles. The lowest BCUT2D eigenvalue weighted by molar-refractivity contribution is -0.143. The van der Waals surface area contributed by atoms with Crippen LogP contribution < -0.4 is 5.56 Å². The third-order valence-corrected chi connectivity index (χ3v) is 3.49. The first kappa shape index (κ1) is 14.3. The normalized spacial score (nSPS) is 23.4. The van der Waals surface area contributed by atoms with E-state index in [0.29, 0.717) is 13.1 Å². The highest BCUT2D eigenvalue weighted by molar-refractivity contribution is 9.10. The molecule has 0 N–H and O–H groups in total. The van der Waals surface area contributed by atoms with Crippen molar-refractivity contribution in [2.24, 2.45) is 0 Å². The van der Waals surface area contributed by atoms with Gasteiger partial charge < -0.3 is 14.2 Å². The van der Waals surface area contributed by atoms with Crippen molar-refractivity contribution in [1.29, 1.82) is 0 Å². The first-order valence-corrected chi connectivity index (χ1v) is 7.04. The highest BCUT2D eigenvalue weighted by Crippen LogP contribution is 2.11. The summed E-state index contributed by atoms with van der Waals surface area (Å²) in [5.74, 6) is -0.0535. The molecule has 5 nitrogen and oxygen atoms in total. The van der Waals surface area contributed by atoms with Crippen LogP contribution in [0.15, 0.2) is 27.6 Å². The molecular formula is C13H17BrN2O3. The van der Waals surface area contributed by atoms with E-state index in [1.807, 2.05) is 13.8 Å². The smallest absolute Gasteiger partial charge is 0.251 e. The van der Waals surface area contributed by atoms with Crippen LogP contribution in [-0.4, -0.2) is 40.7 Å². The fraction of sp³-hybridized carbons (Fsp3) is 0.538. The number of hydrogen-bond acceptors (Lipinski definition) is 3. The minimum Gasteiger partial charge on any atom is -0.372 e. The Kier molecular flexibility index (Phi) is 4.42. The molecule has 0 aliphatic carbocycles. The van der Waals surface area contributed by atoms with Gasteiger partial charge in [-0.15, -0.1) is 0 Å². The third-order valence-electron chi connectivity index (χ3n) is 3.03. The Balaban J connectivity index is 2.08. The van der Waals surface area contributed by atoms with Crippen molar-refractivity contribution in [3.05, 3.63) is 33.2 Å². The van der Waals surface area contributed by atoms with E-state index in [9.17, 15) is 9.59 Å². The Morgan fingerprint density at radius 3 is 2.63 bits per heavy atom. The van der Waals surface area contributed by atoms with Gasteiger partial charge in [0.25, 0.3) is 5.56 Å². The standard InChI is InChI=1S/C13H17BrN2O3/c1-9-5-15(6-10(2)19-9)13(18)8-16-7-11(14)3-4-12(16)17/h3-4,7,9-10H,5-6,8H2,1-2H3/t9-,10+. The Bertz CT molecular complexity index is 519. The van der Waals surface area contributed by atoms with Crippen LogP contribution in [0, 0.1) is 0 Å². The fourth-order valence-electron chi connectivity index (χ4n) is 2.25. The van der Waals surface area contributed by atoms with Crippen LogP contribution >= 0.6 is 15.9 Å². The lowest BCUT2D eigenvalue weighted by Crippen LogP contribution is -2.49. The maximum Gasteiger partial charge on any atom is 0.251 e. The zero-order valence-electron chi connectivity index (χ0n) is 11.0. The van der Waals surface area contributed by atoms with Gasteiger partial charge in [0.05, 0.1) is 12.2 Å². The summed E-state index contributed by atoms with van der Waals surface area (Å²) in [5.41, 5.74) is -0.175. The molecule has 2 rings (SSSR count). The molecule has 0 spiro atoms. The zero-order valence-corrected chi connectivity index (χ0v) is 12.6. The Morgan fingerprint density at radius 1 is 1.37 bits per heavy atom. The summed E-state index contributed by atoms with van der Waals surface area (Å²) in [6.07, 6.45) is 1.70. The summed E-state index contributed by atoms with van der Waals surface area (Å²) in [6.45, 7) is 5.11. The van der Waals surface area contributed by atoms with Crippen molar-refractivity contribution in [3.63, 3.8) is 0 Å². The van der Waals surface area contributed by atoms with Crippen molar-refractivity contribution < 1.29 is 9.53 Å². The number of nitrogens with zero attached hydrogens (tertiary/aromatic N) is 2. The maximum absolute atomic E-state index is 12.2. The van der Waals surface area contributed by atoms with E-state index in [1.54, 1.807) is 17.2 Å². The molecule has 0 saturated carbocycles. The summed E-state index contributed by atoms with van der Waals surface area (Å²) < 4.78 is 7.78. The van der Waals surface area contributed by atoms with Crippen molar-refractivity contribution >= 4 is 21.8 Å². The van der Waals surface area contributed by atoms with Crippen LogP contribution in [0.1, 0.15) is 13.8 Å².